The molecule has 0 saturated carbocycles. The van der Waals surface area contributed by atoms with E-state index in [-0.39, 0.29) is 91.7 Å². The molecule has 45 heteroatoms. The van der Waals surface area contributed by atoms with Crippen LogP contribution >= 0.6 is 57.4 Å². The van der Waals surface area contributed by atoms with Gasteiger partial charge in [-0.2, -0.15) is 0 Å². The van der Waals surface area contributed by atoms with Crippen molar-refractivity contribution in [2.75, 3.05) is 65.1 Å². The molecular weight excluding hydrogens is 1890 g/mol. The first kappa shape index (κ1) is 103. The summed E-state index contributed by atoms with van der Waals surface area (Å²) in [5.74, 6) is -6.35. The zero-order valence-corrected chi connectivity index (χ0v) is 81.8. The molecule has 6 aromatic rings. The molecule has 0 aliphatic carbocycles. The van der Waals surface area contributed by atoms with E-state index >= 15 is 8.78 Å². The van der Waals surface area contributed by atoms with Gasteiger partial charge in [0.2, 0.25) is 47.9 Å². The summed E-state index contributed by atoms with van der Waals surface area (Å²) in [6.45, 7) is 35.4. The van der Waals surface area contributed by atoms with Crippen LogP contribution in [-0.4, -0.2) is 219 Å². The second-order valence-corrected chi connectivity index (χ2v) is 54.2. The van der Waals surface area contributed by atoms with Gasteiger partial charge in [-0.05, 0) is 184 Å². The Morgan fingerprint density at radius 1 is 0.524 bits per heavy atom. The fourth-order valence-corrected chi connectivity index (χ4v) is 18.3. The number of hydrogen-bond donors (Lipinski definition) is 1. The first-order chi connectivity index (χ1) is 56.8. The molecule has 0 bridgehead atoms. The van der Waals surface area contributed by atoms with Crippen LogP contribution in [-0.2, 0) is 74.9 Å². The van der Waals surface area contributed by atoms with Gasteiger partial charge in [0.15, 0.2) is 17.5 Å². The molecule has 3 aromatic carbocycles. The fraction of sp³-hybridized carbons (Fsp3) is 0.481. The standard InChI is InChI=1S/C28H47BFN3O7SSi.C28H38ClF2N5O5SSi.C17H16ClF2N5O2S.C6H3ClFIN2/c1-25(2,3)38-24(34)33(19-37-15-16-42(10,11)12)23-31-28(8,18-41(35,36)32(23)9)21-17-20(13-14-22(21)30)29-39-26(4,5)27(6,7)40-29;1-27(2,3)41-26(37)36(18-40-11-12-43(6,7)8)25-34-28(4,17-42(38,39)35(25)5)20-13-19(9-10-21(20)30)14-22(31)23-15-33-24(29)16-32-23;1-17(9-28(26,27)25(2)16(21)24-17)11-5-10(3-4-12(11)19)6-13(20)14-7-23-15(18)8-22-14;7-6-3-10-5(2-11-6)4(8)1-9/h13-14,17H,15-16,18-19H2,1-12H3;9-10,13-16H,11-12,17-18H2,1-8H3;3-8H,9H2,1-2H3,(H2,21,24);1-3H/b;22-14-;13-6-;4-1-/t2*28-;17-;/m000./s1. The first-order valence-electron chi connectivity index (χ1n) is 38.3. The van der Waals surface area contributed by atoms with Crippen LogP contribution in [0.15, 0.2) is 111 Å². The fourth-order valence-electron chi connectivity index (χ4n) is 11.7. The summed E-state index contributed by atoms with van der Waals surface area (Å²) in [5, 5.41) is 0.468. The van der Waals surface area contributed by atoms with E-state index in [1.165, 1.54) is 107 Å². The van der Waals surface area contributed by atoms with Gasteiger partial charge in [-0.15, -0.1) is 0 Å². The molecule has 2 amide bonds. The number of ether oxygens (including phenoxy) is 4. The largest absolute Gasteiger partial charge is 0.494 e. The molecule has 7 heterocycles. The van der Waals surface area contributed by atoms with Crippen LogP contribution in [0.1, 0.15) is 135 Å². The zero-order valence-electron chi connectivity index (χ0n) is 72.9. The lowest BCUT2D eigenvalue weighted by Gasteiger charge is -2.39. The van der Waals surface area contributed by atoms with Gasteiger partial charge < -0.3 is 34.0 Å². The summed E-state index contributed by atoms with van der Waals surface area (Å²) in [6, 6.07) is 13.5. The van der Waals surface area contributed by atoms with Crippen LogP contribution in [0.3, 0.4) is 0 Å². The molecule has 1 saturated heterocycles. The summed E-state index contributed by atoms with van der Waals surface area (Å²) in [5.41, 5.74) is -1.09. The highest BCUT2D eigenvalue weighted by atomic mass is 127. The molecule has 3 atom stereocenters. The third-order valence-electron chi connectivity index (χ3n) is 19.2. The number of guanidine groups is 3. The Bertz CT molecular complexity index is 5440. The van der Waals surface area contributed by atoms with Gasteiger partial charge in [0.05, 0.1) is 65.6 Å². The maximum absolute atomic E-state index is 15.5. The maximum atomic E-state index is 15.5. The van der Waals surface area contributed by atoms with Gasteiger partial charge in [-0.3, -0.25) is 0 Å². The molecule has 2 N–H and O–H groups in total. The molecule has 3 aromatic heterocycles. The lowest BCUT2D eigenvalue weighted by Crippen LogP contribution is -2.56. The van der Waals surface area contributed by atoms with Crippen molar-refractivity contribution in [2.24, 2.45) is 20.7 Å². The predicted molar refractivity (Wildman–Crippen MR) is 484 cm³/mol. The minimum Gasteiger partial charge on any atom is -0.443 e. The van der Waals surface area contributed by atoms with Crippen molar-refractivity contribution >= 4 is 176 Å². The van der Waals surface area contributed by atoms with Crippen LogP contribution in [0, 0.1) is 17.5 Å². The van der Waals surface area contributed by atoms with Crippen LogP contribution in [0.2, 0.25) is 66.8 Å². The van der Waals surface area contributed by atoms with Crippen molar-refractivity contribution in [2.45, 2.75) is 180 Å². The van der Waals surface area contributed by atoms with E-state index in [4.69, 9.17) is 73.8 Å². The molecule has 10 rings (SSSR count). The van der Waals surface area contributed by atoms with Crippen LogP contribution < -0.4 is 11.2 Å². The van der Waals surface area contributed by atoms with Crippen LogP contribution in [0.25, 0.3) is 29.6 Å². The van der Waals surface area contributed by atoms with E-state index in [0.29, 0.717) is 18.7 Å². The van der Waals surface area contributed by atoms with E-state index in [2.05, 4.69) is 79.2 Å². The molecule has 0 spiro atoms. The Kier molecular flexibility index (Phi) is 33.6. The number of nitrogens with zero attached hydrogens (tertiary/aromatic N) is 14. The Labute approximate surface area is 752 Å². The molecule has 0 unspecified atom stereocenters. The van der Waals surface area contributed by atoms with Gasteiger partial charge in [0, 0.05) is 71.3 Å². The van der Waals surface area contributed by atoms with Crippen molar-refractivity contribution < 1.29 is 89.4 Å². The number of nitrogens with two attached hydrogens (primary N) is 1. The summed E-state index contributed by atoms with van der Waals surface area (Å²) in [4.78, 5) is 64.9. The van der Waals surface area contributed by atoms with Crippen molar-refractivity contribution in [3.8, 4) is 0 Å². The maximum Gasteiger partial charge on any atom is 0.494 e. The predicted octanol–water partition coefficient (Wildman–Crippen LogP) is 16.0. The number of benzene rings is 3. The molecular formula is C79H104BCl3F6IN15O14S3Si2. The second kappa shape index (κ2) is 40.3. The number of aliphatic imine (C=N–C) groups is 3. The number of rotatable bonds is 19. The summed E-state index contributed by atoms with van der Waals surface area (Å²) >= 11 is 18.6. The van der Waals surface area contributed by atoms with Crippen molar-refractivity contribution in [1.82, 2.24) is 52.6 Å². The molecule has 0 radical (unpaired) electrons. The number of aromatic nitrogens is 6. The molecule has 4 aliphatic rings. The van der Waals surface area contributed by atoms with Crippen molar-refractivity contribution in [3.05, 3.63) is 174 Å². The monoisotopic (exact) mass is 2000 g/mol. The summed E-state index contributed by atoms with van der Waals surface area (Å²) in [7, 11) is -11.8. The normalized spacial score (nSPS) is 20.6. The number of amides is 2. The summed E-state index contributed by atoms with van der Waals surface area (Å²) < 4.78 is 205. The van der Waals surface area contributed by atoms with E-state index in [1.54, 1.807) is 70.2 Å². The molecule has 1 fully saturated rings. The highest BCUT2D eigenvalue weighted by molar-refractivity contribution is 14.1. The van der Waals surface area contributed by atoms with E-state index in [9.17, 15) is 52.4 Å². The smallest absolute Gasteiger partial charge is 0.443 e. The van der Waals surface area contributed by atoms with Crippen LogP contribution in [0.5, 0.6) is 0 Å². The van der Waals surface area contributed by atoms with Gasteiger partial charge in [-0.1, -0.05) is 98.4 Å². The second-order valence-electron chi connectivity index (χ2n) is 35.2. The Morgan fingerprint density at radius 3 is 1.16 bits per heavy atom. The van der Waals surface area contributed by atoms with Crippen molar-refractivity contribution in [3.63, 3.8) is 0 Å². The zero-order chi connectivity index (χ0) is 93.4. The van der Waals surface area contributed by atoms with E-state index in [0.717, 1.165) is 71.5 Å². The third kappa shape index (κ3) is 27.9. The quantitative estimate of drug-likeness (QED) is 0.0259. The number of hydrogen-bond acceptors (Lipinski definition) is 24. The lowest BCUT2D eigenvalue weighted by atomic mass is 9.76. The number of carbonyl (C=O) groups is 2. The van der Waals surface area contributed by atoms with Gasteiger partial charge >= 0.3 is 19.3 Å². The van der Waals surface area contributed by atoms with Gasteiger partial charge in [0.25, 0.3) is 0 Å². The molecule has 124 heavy (non-hydrogen) atoms. The summed E-state index contributed by atoms with van der Waals surface area (Å²) in [6.07, 6.45) is 7.81. The lowest BCUT2D eigenvalue weighted by molar-refractivity contribution is 0.00578. The highest BCUT2D eigenvalue weighted by Crippen LogP contribution is 2.41. The number of halogens is 10. The Balaban J connectivity index is 0.000000244. The minimum atomic E-state index is -4.12. The molecule has 4 aliphatic heterocycles. The number of sulfonamides is 3. The topological polar surface area (TPSA) is 349 Å². The average molecular weight is 2000 g/mol. The third-order valence-corrected chi connectivity index (χ3v) is 29.6. The Hall–Kier alpha value is -7.76. The number of carbonyl (C=O) groups excluding carboxylic acids is 2. The van der Waals surface area contributed by atoms with Crippen LogP contribution in [0.4, 0.5) is 35.9 Å². The Morgan fingerprint density at radius 2 is 0.847 bits per heavy atom. The molecule has 678 valence electrons. The average Bonchev–Trinajstić information content (AvgIpc) is 1.01. The highest BCUT2D eigenvalue weighted by Gasteiger charge is 2.53. The van der Waals surface area contributed by atoms with E-state index in [1.807, 2.05) is 27.7 Å². The first-order valence-corrected chi connectivity index (χ1v) is 53.0. The SMILES string of the molecule is CN1C(N(COCC[Si](C)(C)C)C(=O)OC(C)(C)C)=N[C@](C)(c2cc(/C=C(\F)c3cnc(Cl)cn3)ccc2F)CS1(=O)=O.CN1C(N(COCC[Si](C)(C)C)C(=O)OC(C)(C)C)=N[C@](C)(c2cc(B3OC(C)(C)C(C)(C)O3)ccc2F)CS1(=O)=O.CN1C(N)=N[C@](C)(c2cc(/C=C(\F)c3cnc(Cl)cn3)ccc2F)CS1(=O)=O.F/C(=C\I)c1cnc(Cl)cn1. The molecule has 29 nitrogen and oxygen atoms in total. The van der Waals surface area contributed by atoms with Crippen molar-refractivity contribution in [1.29, 1.82) is 0 Å². The minimum absolute atomic E-state index is 0.0177. The van der Waals surface area contributed by atoms with Gasteiger partial charge in [0.1, 0.15) is 91.3 Å². The van der Waals surface area contributed by atoms with E-state index < -0.39 is 157 Å². The van der Waals surface area contributed by atoms with Gasteiger partial charge in [-0.25, -0.2) is 129 Å².